The highest BCUT2D eigenvalue weighted by Gasteiger charge is 2.26. The molecule has 2 aromatic rings. The molecular weight excluding hydrogens is 469 g/mol. The Morgan fingerprint density at radius 1 is 1.11 bits per heavy atom. The zero-order valence-electron chi connectivity index (χ0n) is 17.3. The summed E-state index contributed by atoms with van der Waals surface area (Å²) in [5.74, 6) is 1.96. The molecule has 156 valence electrons. The molecule has 1 aromatic carbocycles. The summed E-state index contributed by atoms with van der Waals surface area (Å²) in [6.45, 7) is 11.2. The van der Waals surface area contributed by atoms with E-state index in [0.29, 0.717) is 18.3 Å². The van der Waals surface area contributed by atoms with Crippen LogP contribution in [-0.2, 0) is 12.1 Å². The molecule has 28 heavy (non-hydrogen) atoms. The largest absolute Gasteiger partial charge is 0.488 e. The van der Waals surface area contributed by atoms with Gasteiger partial charge in [-0.2, -0.15) is 0 Å². The van der Waals surface area contributed by atoms with Crippen molar-refractivity contribution in [3.05, 3.63) is 54.0 Å². The predicted octanol–water partition coefficient (Wildman–Crippen LogP) is 4.04. The van der Waals surface area contributed by atoms with Crippen molar-refractivity contribution in [1.29, 1.82) is 0 Å². The zero-order chi connectivity index (χ0) is 19.9. The van der Waals surface area contributed by atoms with Crippen LogP contribution in [0.2, 0.25) is 0 Å². The molecular formula is C21H32IN3O3. The Morgan fingerprint density at radius 2 is 1.82 bits per heavy atom. The van der Waals surface area contributed by atoms with Crippen molar-refractivity contribution in [2.45, 2.75) is 52.4 Å². The number of rotatable bonds is 7. The van der Waals surface area contributed by atoms with E-state index >= 15 is 0 Å². The third kappa shape index (κ3) is 7.71. The number of aliphatic imine (C=N–C) groups is 1. The van der Waals surface area contributed by atoms with Crippen molar-refractivity contribution in [2.75, 3.05) is 13.1 Å². The quantitative estimate of drug-likeness (QED) is 0.303. The van der Waals surface area contributed by atoms with Gasteiger partial charge in [-0.05, 0) is 52.8 Å². The summed E-state index contributed by atoms with van der Waals surface area (Å²) < 4.78 is 11.3. The van der Waals surface area contributed by atoms with Crippen molar-refractivity contribution >= 4 is 29.9 Å². The molecule has 0 bridgehead atoms. The van der Waals surface area contributed by atoms with E-state index in [0.717, 1.165) is 17.9 Å². The lowest BCUT2D eigenvalue weighted by molar-refractivity contribution is 0.0386. The van der Waals surface area contributed by atoms with Gasteiger partial charge in [-0.25, -0.2) is 4.99 Å². The highest BCUT2D eigenvalue weighted by molar-refractivity contribution is 14.0. The van der Waals surface area contributed by atoms with Gasteiger partial charge in [0.05, 0.1) is 19.4 Å². The van der Waals surface area contributed by atoms with Crippen molar-refractivity contribution in [1.82, 2.24) is 10.6 Å². The molecule has 0 aliphatic carbocycles. The summed E-state index contributed by atoms with van der Waals surface area (Å²) in [7, 11) is 0. The van der Waals surface area contributed by atoms with Gasteiger partial charge >= 0.3 is 0 Å². The first kappa shape index (κ1) is 24.3. The molecule has 1 heterocycles. The van der Waals surface area contributed by atoms with E-state index in [2.05, 4.69) is 15.6 Å². The van der Waals surface area contributed by atoms with Crippen LogP contribution in [0.3, 0.4) is 0 Å². The van der Waals surface area contributed by atoms with E-state index in [9.17, 15) is 5.11 Å². The smallest absolute Gasteiger partial charge is 0.191 e. The molecule has 0 aliphatic rings. The van der Waals surface area contributed by atoms with Crippen LogP contribution in [0.4, 0.5) is 0 Å². The Bertz CT molecular complexity index is 738. The molecule has 0 saturated carbocycles. The van der Waals surface area contributed by atoms with Gasteiger partial charge in [-0.3, -0.25) is 0 Å². The van der Waals surface area contributed by atoms with E-state index in [1.165, 1.54) is 0 Å². The molecule has 1 atom stereocenters. The van der Waals surface area contributed by atoms with Crippen LogP contribution in [-0.4, -0.2) is 29.8 Å². The van der Waals surface area contributed by atoms with Crippen LogP contribution in [0.1, 0.15) is 45.9 Å². The molecule has 2 rings (SSSR count). The molecule has 0 radical (unpaired) electrons. The van der Waals surface area contributed by atoms with Gasteiger partial charge < -0.3 is 24.9 Å². The minimum absolute atomic E-state index is 0. The van der Waals surface area contributed by atoms with Crippen molar-refractivity contribution in [3.8, 4) is 5.75 Å². The monoisotopic (exact) mass is 501 g/mol. The topological polar surface area (TPSA) is 79.0 Å². The number of ether oxygens (including phenoxy) is 1. The highest BCUT2D eigenvalue weighted by atomic mass is 127. The van der Waals surface area contributed by atoms with E-state index in [1.54, 1.807) is 25.3 Å². The molecule has 1 aromatic heterocycles. The van der Waals surface area contributed by atoms with E-state index in [-0.39, 0.29) is 36.1 Å². The molecule has 6 nitrogen and oxygen atoms in total. The van der Waals surface area contributed by atoms with Gasteiger partial charge in [0.1, 0.15) is 22.7 Å². The SMILES string of the molecule is CCNC(=NCc1ccccc1OC(C)(C)C)NCC(C)(O)c1ccco1.I. The van der Waals surface area contributed by atoms with Gasteiger partial charge in [0.2, 0.25) is 0 Å². The number of para-hydroxylation sites is 1. The first-order chi connectivity index (χ1) is 12.7. The van der Waals surface area contributed by atoms with Gasteiger partial charge in [0, 0.05) is 12.1 Å². The van der Waals surface area contributed by atoms with Crippen LogP contribution in [0, 0.1) is 0 Å². The van der Waals surface area contributed by atoms with Crippen molar-refractivity contribution in [3.63, 3.8) is 0 Å². The second-order valence-corrected chi connectivity index (χ2v) is 7.62. The summed E-state index contributed by atoms with van der Waals surface area (Å²) in [6, 6.07) is 11.4. The van der Waals surface area contributed by atoms with Crippen LogP contribution in [0.5, 0.6) is 5.75 Å². The Labute approximate surface area is 184 Å². The Balaban J connectivity index is 0.00000392. The average molecular weight is 501 g/mol. The highest BCUT2D eigenvalue weighted by Crippen LogP contribution is 2.24. The lowest BCUT2D eigenvalue weighted by Gasteiger charge is -2.24. The minimum atomic E-state index is -1.13. The number of benzene rings is 1. The number of nitrogens with zero attached hydrogens (tertiary/aromatic N) is 1. The molecule has 0 aliphatic heterocycles. The van der Waals surface area contributed by atoms with Crippen molar-refractivity contribution in [2.24, 2.45) is 4.99 Å². The second kappa shape index (κ2) is 10.7. The van der Waals surface area contributed by atoms with Crippen molar-refractivity contribution < 1.29 is 14.3 Å². The summed E-state index contributed by atoms with van der Waals surface area (Å²) in [4.78, 5) is 4.63. The normalized spacial score (nSPS) is 14.0. The number of hydrogen-bond acceptors (Lipinski definition) is 4. The molecule has 3 N–H and O–H groups in total. The Morgan fingerprint density at radius 3 is 2.43 bits per heavy atom. The maximum absolute atomic E-state index is 10.6. The Hall–Kier alpha value is -1.74. The maximum Gasteiger partial charge on any atom is 0.191 e. The third-order valence-electron chi connectivity index (χ3n) is 3.79. The molecule has 0 fully saturated rings. The Kier molecular flexibility index (Phi) is 9.29. The standard InChI is InChI=1S/C21H31N3O3.HI/c1-6-22-19(24-15-21(5,25)18-12-9-13-26-18)23-14-16-10-7-8-11-17(16)27-20(2,3)4;/h7-13,25H,6,14-15H2,1-5H3,(H2,22,23,24);1H. The zero-order valence-corrected chi connectivity index (χ0v) is 19.6. The van der Waals surface area contributed by atoms with Crippen LogP contribution in [0.25, 0.3) is 0 Å². The first-order valence-electron chi connectivity index (χ1n) is 9.27. The van der Waals surface area contributed by atoms with Gasteiger partial charge in [-0.15, -0.1) is 24.0 Å². The molecule has 0 spiro atoms. The van der Waals surface area contributed by atoms with Crippen LogP contribution in [0.15, 0.2) is 52.1 Å². The lowest BCUT2D eigenvalue weighted by Crippen LogP contribution is -2.44. The molecule has 1 unspecified atom stereocenters. The number of halogens is 1. The van der Waals surface area contributed by atoms with E-state index < -0.39 is 5.60 Å². The predicted molar refractivity (Wildman–Crippen MR) is 123 cm³/mol. The first-order valence-corrected chi connectivity index (χ1v) is 9.27. The summed E-state index contributed by atoms with van der Waals surface area (Å²) >= 11 is 0. The second-order valence-electron chi connectivity index (χ2n) is 7.62. The number of nitrogens with one attached hydrogen (secondary N) is 2. The summed E-state index contributed by atoms with van der Waals surface area (Å²) in [5, 5.41) is 17.0. The lowest BCUT2D eigenvalue weighted by atomic mass is 10.0. The van der Waals surface area contributed by atoms with Gasteiger partial charge in [0.25, 0.3) is 0 Å². The number of guanidine groups is 1. The van der Waals surface area contributed by atoms with E-state index in [4.69, 9.17) is 9.15 Å². The van der Waals surface area contributed by atoms with E-state index in [1.807, 2.05) is 52.0 Å². The fraction of sp³-hybridized carbons (Fsp3) is 0.476. The fourth-order valence-corrected chi connectivity index (χ4v) is 2.50. The summed E-state index contributed by atoms with van der Waals surface area (Å²) in [6.07, 6.45) is 1.55. The summed E-state index contributed by atoms with van der Waals surface area (Å²) in [5.41, 5.74) is -0.403. The molecule has 0 amide bonds. The molecule has 7 heteroatoms. The number of aliphatic hydroxyl groups is 1. The average Bonchev–Trinajstić information content (AvgIpc) is 3.13. The third-order valence-corrected chi connectivity index (χ3v) is 3.79. The van der Waals surface area contributed by atoms with Gasteiger partial charge in [-0.1, -0.05) is 18.2 Å². The fourth-order valence-electron chi connectivity index (χ4n) is 2.50. The van der Waals surface area contributed by atoms with Gasteiger partial charge in [0.15, 0.2) is 5.96 Å². The maximum atomic E-state index is 10.6. The number of hydrogen-bond donors (Lipinski definition) is 3. The molecule has 0 saturated heterocycles. The minimum Gasteiger partial charge on any atom is -0.488 e. The van der Waals surface area contributed by atoms with Crippen LogP contribution < -0.4 is 15.4 Å². The van der Waals surface area contributed by atoms with Crippen LogP contribution >= 0.6 is 24.0 Å². The number of furan rings is 1.